The maximum Gasteiger partial charge on any atom is 0.0468 e. The molecule has 1 saturated heterocycles. The lowest BCUT2D eigenvalue weighted by atomic mass is 10.0. The van der Waals surface area contributed by atoms with Gasteiger partial charge < -0.3 is 10.5 Å². The van der Waals surface area contributed by atoms with E-state index in [-0.39, 0.29) is 0 Å². The average molecular weight is 203 g/mol. The topological polar surface area (TPSA) is 35.2 Å². The van der Waals surface area contributed by atoms with Crippen molar-refractivity contribution in [2.24, 2.45) is 11.7 Å². The Bertz CT molecular complexity index is 126. The second kappa shape index (κ2) is 6.68. The molecule has 1 rings (SSSR count). The van der Waals surface area contributed by atoms with Crippen molar-refractivity contribution in [3.63, 3.8) is 0 Å². The highest BCUT2D eigenvalue weighted by Crippen LogP contribution is 2.20. The fourth-order valence-electron chi connectivity index (χ4n) is 1.42. The van der Waals surface area contributed by atoms with Crippen molar-refractivity contribution in [3.8, 4) is 0 Å². The molecule has 13 heavy (non-hydrogen) atoms. The van der Waals surface area contributed by atoms with Gasteiger partial charge in [-0.25, -0.2) is 0 Å². The molecule has 2 N–H and O–H groups in total. The van der Waals surface area contributed by atoms with E-state index >= 15 is 0 Å². The van der Waals surface area contributed by atoms with Crippen LogP contribution in [0.2, 0.25) is 0 Å². The van der Waals surface area contributed by atoms with Crippen LogP contribution in [0.3, 0.4) is 0 Å². The van der Waals surface area contributed by atoms with Crippen LogP contribution in [0.5, 0.6) is 0 Å². The normalized spacial score (nSPS) is 21.7. The zero-order chi connectivity index (χ0) is 9.52. The first kappa shape index (κ1) is 11.3. The van der Waals surface area contributed by atoms with Gasteiger partial charge in [-0.15, -0.1) is 0 Å². The van der Waals surface area contributed by atoms with E-state index in [2.05, 4.69) is 6.92 Å². The van der Waals surface area contributed by atoms with Gasteiger partial charge in [-0.2, -0.15) is 11.8 Å². The van der Waals surface area contributed by atoms with Gasteiger partial charge >= 0.3 is 0 Å². The van der Waals surface area contributed by atoms with E-state index in [1.807, 2.05) is 11.8 Å². The summed E-state index contributed by atoms with van der Waals surface area (Å²) in [7, 11) is 0. The Morgan fingerprint density at radius 2 is 2.15 bits per heavy atom. The summed E-state index contributed by atoms with van der Waals surface area (Å²) in [4.78, 5) is 0. The number of thioether (sulfide) groups is 1. The van der Waals surface area contributed by atoms with Crippen LogP contribution in [0.25, 0.3) is 0 Å². The maximum atomic E-state index is 5.84. The first-order valence-electron chi connectivity index (χ1n) is 5.24. The molecule has 1 fully saturated rings. The molecular formula is C10H21NOS. The van der Waals surface area contributed by atoms with Gasteiger partial charge in [0.25, 0.3) is 0 Å². The minimum absolute atomic E-state index is 0.393. The minimum atomic E-state index is 0.393. The molecule has 0 aliphatic carbocycles. The highest BCUT2D eigenvalue weighted by atomic mass is 32.2. The van der Waals surface area contributed by atoms with E-state index in [1.165, 1.54) is 18.6 Å². The summed E-state index contributed by atoms with van der Waals surface area (Å²) in [6, 6.07) is 0.393. The van der Waals surface area contributed by atoms with Crippen LogP contribution in [0.1, 0.15) is 26.2 Å². The highest BCUT2D eigenvalue weighted by Gasteiger charge is 2.13. The van der Waals surface area contributed by atoms with Crippen molar-refractivity contribution in [1.29, 1.82) is 0 Å². The molecule has 3 heteroatoms. The average Bonchev–Trinajstić information content (AvgIpc) is 2.19. The highest BCUT2D eigenvalue weighted by molar-refractivity contribution is 7.99. The van der Waals surface area contributed by atoms with Crippen LogP contribution in [-0.2, 0) is 4.74 Å². The third kappa shape index (κ3) is 4.89. The Kier molecular flexibility index (Phi) is 5.83. The molecule has 0 aromatic carbocycles. The van der Waals surface area contributed by atoms with E-state index in [9.17, 15) is 0 Å². The first-order valence-corrected chi connectivity index (χ1v) is 6.39. The number of hydrogen-bond acceptors (Lipinski definition) is 3. The van der Waals surface area contributed by atoms with E-state index in [4.69, 9.17) is 10.5 Å². The van der Waals surface area contributed by atoms with Gasteiger partial charge in [0.2, 0.25) is 0 Å². The van der Waals surface area contributed by atoms with Crippen LogP contribution < -0.4 is 5.73 Å². The van der Waals surface area contributed by atoms with Crippen molar-refractivity contribution in [2.45, 2.75) is 32.2 Å². The lowest BCUT2D eigenvalue weighted by Gasteiger charge is -2.21. The molecule has 0 aromatic rings. The fraction of sp³-hybridized carbons (Fsp3) is 1.00. The number of nitrogens with two attached hydrogens (primary N) is 1. The van der Waals surface area contributed by atoms with Crippen molar-refractivity contribution in [1.82, 2.24) is 0 Å². The summed E-state index contributed by atoms with van der Waals surface area (Å²) < 4.78 is 5.31. The van der Waals surface area contributed by atoms with Gasteiger partial charge in [0.1, 0.15) is 0 Å². The van der Waals surface area contributed by atoms with Crippen molar-refractivity contribution in [2.75, 3.05) is 24.7 Å². The fourth-order valence-corrected chi connectivity index (χ4v) is 2.76. The molecule has 1 aliphatic rings. The van der Waals surface area contributed by atoms with Crippen molar-refractivity contribution < 1.29 is 4.74 Å². The first-order chi connectivity index (χ1) is 6.33. The zero-order valence-corrected chi connectivity index (χ0v) is 9.31. The van der Waals surface area contributed by atoms with Crippen LogP contribution in [0, 0.1) is 5.92 Å². The van der Waals surface area contributed by atoms with Gasteiger partial charge in [0, 0.05) is 25.0 Å². The molecule has 0 aromatic heterocycles. The molecule has 78 valence electrons. The number of rotatable bonds is 5. The van der Waals surface area contributed by atoms with Gasteiger partial charge in [0.15, 0.2) is 0 Å². The van der Waals surface area contributed by atoms with Crippen LogP contribution in [0.4, 0.5) is 0 Å². The second-order valence-corrected chi connectivity index (χ2v) is 4.84. The number of ether oxygens (including phenoxy) is 1. The van der Waals surface area contributed by atoms with Gasteiger partial charge in [0.05, 0.1) is 0 Å². The lowest BCUT2D eigenvalue weighted by Crippen LogP contribution is -2.23. The molecule has 1 aliphatic heterocycles. The quantitative estimate of drug-likeness (QED) is 0.741. The molecule has 0 radical (unpaired) electrons. The van der Waals surface area contributed by atoms with Crippen LogP contribution in [-0.4, -0.2) is 30.8 Å². The Morgan fingerprint density at radius 1 is 1.46 bits per heavy atom. The minimum Gasteiger partial charge on any atom is -0.381 e. The molecule has 1 atom stereocenters. The Morgan fingerprint density at radius 3 is 2.77 bits per heavy atom. The van der Waals surface area contributed by atoms with Gasteiger partial charge in [-0.3, -0.25) is 0 Å². The number of hydrogen-bond donors (Lipinski definition) is 1. The molecule has 1 heterocycles. The molecule has 0 bridgehead atoms. The molecule has 0 amide bonds. The Labute approximate surface area is 85.6 Å². The summed E-state index contributed by atoms with van der Waals surface area (Å²) >= 11 is 2.01. The molecule has 0 saturated carbocycles. The standard InChI is InChI=1S/C10H21NOS/c1-2-10(11)8-13-7-9-3-5-12-6-4-9/h9-10H,2-8,11H2,1H3. The summed E-state index contributed by atoms with van der Waals surface area (Å²) in [5.74, 6) is 3.27. The predicted molar refractivity (Wildman–Crippen MR) is 59.1 cm³/mol. The van der Waals surface area contributed by atoms with Crippen molar-refractivity contribution >= 4 is 11.8 Å². The Balaban J connectivity index is 1.98. The van der Waals surface area contributed by atoms with E-state index in [0.717, 1.165) is 31.3 Å². The third-order valence-corrected chi connectivity index (χ3v) is 3.92. The lowest BCUT2D eigenvalue weighted by molar-refractivity contribution is 0.0728. The van der Waals surface area contributed by atoms with E-state index in [0.29, 0.717) is 6.04 Å². The molecule has 1 unspecified atom stereocenters. The summed E-state index contributed by atoms with van der Waals surface area (Å²) in [5, 5.41) is 0. The summed E-state index contributed by atoms with van der Waals surface area (Å²) in [6.07, 6.45) is 3.59. The monoisotopic (exact) mass is 203 g/mol. The SMILES string of the molecule is CCC(N)CSCC1CCOCC1. The van der Waals surface area contributed by atoms with Crippen LogP contribution in [0.15, 0.2) is 0 Å². The maximum absolute atomic E-state index is 5.84. The Hall–Kier alpha value is 0.270. The third-order valence-electron chi connectivity index (χ3n) is 2.55. The largest absolute Gasteiger partial charge is 0.381 e. The summed E-state index contributed by atoms with van der Waals surface area (Å²) in [6.45, 7) is 4.08. The molecule has 2 nitrogen and oxygen atoms in total. The van der Waals surface area contributed by atoms with Crippen LogP contribution >= 0.6 is 11.8 Å². The predicted octanol–water partition coefficient (Wildman–Crippen LogP) is 1.88. The zero-order valence-electron chi connectivity index (χ0n) is 8.50. The second-order valence-electron chi connectivity index (χ2n) is 3.76. The summed E-state index contributed by atoms with van der Waals surface area (Å²) in [5.41, 5.74) is 5.84. The van der Waals surface area contributed by atoms with Gasteiger partial charge in [-0.1, -0.05) is 6.92 Å². The van der Waals surface area contributed by atoms with E-state index in [1.54, 1.807) is 0 Å². The smallest absolute Gasteiger partial charge is 0.0468 e. The molecular weight excluding hydrogens is 182 g/mol. The van der Waals surface area contributed by atoms with Crippen molar-refractivity contribution in [3.05, 3.63) is 0 Å². The van der Waals surface area contributed by atoms with Gasteiger partial charge in [-0.05, 0) is 30.9 Å². The van der Waals surface area contributed by atoms with E-state index < -0.39 is 0 Å². The molecule has 0 spiro atoms.